The molecule has 1 saturated heterocycles. The van der Waals surface area contributed by atoms with Gasteiger partial charge in [0.1, 0.15) is 6.33 Å². The van der Waals surface area contributed by atoms with E-state index < -0.39 is 6.09 Å². The van der Waals surface area contributed by atoms with E-state index in [1.165, 1.54) is 11.2 Å². The lowest BCUT2D eigenvalue weighted by Gasteiger charge is -2.38. The number of carboxylic acid groups (broad SMARTS) is 1. The van der Waals surface area contributed by atoms with Crippen LogP contribution in [-0.4, -0.2) is 71.8 Å². The van der Waals surface area contributed by atoms with Crippen LogP contribution in [0.1, 0.15) is 36.0 Å². The highest BCUT2D eigenvalue weighted by molar-refractivity contribution is 5.95. The number of aromatic nitrogens is 4. The number of likely N-dealkylation sites (tertiary alicyclic amines) is 1. The maximum Gasteiger partial charge on any atom is 0.407 e. The highest BCUT2D eigenvalue weighted by atomic mass is 16.4. The first-order valence-corrected chi connectivity index (χ1v) is 10.8. The van der Waals surface area contributed by atoms with E-state index in [-0.39, 0.29) is 18.0 Å². The predicted octanol–water partition coefficient (Wildman–Crippen LogP) is 3.08. The molecule has 0 unspecified atom stereocenters. The first-order chi connectivity index (χ1) is 15.6. The van der Waals surface area contributed by atoms with Crippen molar-refractivity contribution in [3.05, 3.63) is 60.8 Å². The summed E-state index contributed by atoms with van der Waals surface area (Å²) < 4.78 is 1.76. The molecule has 1 aliphatic heterocycles. The molecule has 0 atom stereocenters. The third-order valence-electron chi connectivity index (χ3n) is 6.14. The minimum absolute atomic E-state index is 0.0231. The summed E-state index contributed by atoms with van der Waals surface area (Å²) >= 11 is 0. The van der Waals surface area contributed by atoms with Crippen molar-refractivity contribution in [3.63, 3.8) is 0 Å². The van der Waals surface area contributed by atoms with Gasteiger partial charge in [-0.05, 0) is 56.0 Å². The number of nitrogens with zero attached hydrogens (tertiary/aromatic N) is 6. The van der Waals surface area contributed by atoms with Crippen molar-refractivity contribution >= 4 is 12.0 Å². The number of amides is 2. The Balaban J connectivity index is 1.30. The zero-order chi connectivity index (χ0) is 22.1. The second-order valence-electron chi connectivity index (χ2n) is 8.26. The van der Waals surface area contributed by atoms with Crippen LogP contribution in [0.3, 0.4) is 0 Å². The topological polar surface area (TPSA) is 104 Å². The van der Waals surface area contributed by atoms with Crippen LogP contribution >= 0.6 is 0 Å². The van der Waals surface area contributed by atoms with Gasteiger partial charge >= 0.3 is 6.09 Å². The summed E-state index contributed by atoms with van der Waals surface area (Å²) in [6.07, 6.45) is 9.36. The quantitative estimate of drug-likeness (QED) is 0.664. The Morgan fingerprint density at radius 3 is 2.34 bits per heavy atom. The molecule has 2 fully saturated rings. The first-order valence-electron chi connectivity index (χ1n) is 10.8. The van der Waals surface area contributed by atoms with Crippen molar-refractivity contribution in [1.82, 2.24) is 29.5 Å². The summed E-state index contributed by atoms with van der Waals surface area (Å²) in [4.78, 5) is 36.1. The Labute approximate surface area is 185 Å². The van der Waals surface area contributed by atoms with Crippen LogP contribution in [0.25, 0.3) is 16.9 Å². The molecule has 2 aliphatic rings. The van der Waals surface area contributed by atoms with Gasteiger partial charge in [-0.3, -0.25) is 4.79 Å². The van der Waals surface area contributed by atoms with Gasteiger partial charge in [0, 0.05) is 48.7 Å². The summed E-state index contributed by atoms with van der Waals surface area (Å²) in [7, 11) is 0. The second-order valence-corrected chi connectivity index (χ2v) is 8.26. The number of rotatable bonds is 5. The van der Waals surface area contributed by atoms with Gasteiger partial charge in [0.25, 0.3) is 5.91 Å². The third kappa shape index (κ3) is 4.05. The summed E-state index contributed by atoms with van der Waals surface area (Å²) in [5, 5.41) is 13.6. The lowest BCUT2D eigenvalue weighted by molar-refractivity contribution is 0.0551. The van der Waals surface area contributed by atoms with E-state index in [4.69, 9.17) is 0 Å². The molecule has 1 aliphatic carbocycles. The van der Waals surface area contributed by atoms with Gasteiger partial charge in [-0.1, -0.05) is 0 Å². The Kier molecular flexibility index (Phi) is 5.30. The molecule has 3 aromatic rings. The van der Waals surface area contributed by atoms with E-state index in [1.54, 1.807) is 17.1 Å². The van der Waals surface area contributed by atoms with Gasteiger partial charge in [0.05, 0.1) is 17.6 Å². The van der Waals surface area contributed by atoms with Crippen LogP contribution in [-0.2, 0) is 0 Å². The molecule has 0 bridgehead atoms. The van der Waals surface area contributed by atoms with E-state index in [0.29, 0.717) is 31.5 Å². The molecule has 2 aromatic heterocycles. The van der Waals surface area contributed by atoms with E-state index in [0.717, 1.165) is 29.8 Å². The number of hydrogen-bond donors (Lipinski definition) is 1. The third-order valence-corrected chi connectivity index (χ3v) is 6.14. The van der Waals surface area contributed by atoms with Crippen molar-refractivity contribution in [1.29, 1.82) is 0 Å². The molecular formula is C23H24N6O3. The van der Waals surface area contributed by atoms with Crippen LogP contribution in [0, 0.1) is 0 Å². The van der Waals surface area contributed by atoms with Crippen molar-refractivity contribution in [2.24, 2.45) is 0 Å². The Hall–Kier alpha value is -3.75. The number of hydrogen-bond acceptors (Lipinski definition) is 5. The summed E-state index contributed by atoms with van der Waals surface area (Å²) in [5.41, 5.74) is 3.19. The van der Waals surface area contributed by atoms with Crippen LogP contribution in [0.5, 0.6) is 0 Å². The predicted molar refractivity (Wildman–Crippen MR) is 116 cm³/mol. The Bertz CT molecular complexity index is 1100. The van der Waals surface area contributed by atoms with E-state index in [9.17, 15) is 14.7 Å². The lowest BCUT2D eigenvalue weighted by Crippen LogP contribution is -2.49. The summed E-state index contributed by atoms with van der Waals surface area (Å²) in [6.45, 7) is 0.951. The Morgan fingerprint density at radius 2 is 1.72 bits per heavy atom. The van der Waals surface area contributed by atoms with Gasteiger partial charge in [0.2, 0.25) is 0 Å². The van der Waals surface area contributed by atoms with Crippen molar-refractivity contribution in [3.8, 4) is 16.9 Å². The van der Waals surface area contributed by atoms with Gasteiger partial charge < -0.3 is 14.9 Å². The zero-order valence-corrected chi connectivity index (χ0v) is 17.5. The molecule has 9 heteroatoms. The van der Waals surface area contributed by atoms with Crippen LogP contribution in [0.15, 0.2) is 55.2 Å². The molecule has 3 heterocycles. The summed E-state index contributed by atoms with van der Waals surface area (Å²) in [5.74, 6) is 0.0231. The SMILES string of the molecule is O=C(O)N1CCC(N(C(=O)c2ccc(-n3cc(-c4ccncn4)cn3)cc2)C2CC2)CC1. The number of benzene rings is 1. The number of carbonyl (C=O) groups is 2. The normalized spacial score (nSPS) is 16.7. The molecule has 5 rings (SSSR count). The van der Waals surface area contributed by atoms with Gasteiger partial charge in [-0.15, -0.1) is 0 Å². The maximum atomic E-state index is 13.3. The zero-order valence-electron chi connectivity index (χ0n) is 17.5. The standard InChI is InChI=1S/C23H24N6O3/c30-22(29(19-5-6-19)20-8-11-27(12-9-20)23(31)32)16-1-3-18(4-2-16)28-14-17(13-26-28)21-7-10-24-15-25-21/h1-4,7,10,13-15,19-20H,5-6,8-9,11-12H2,(H,31,32). The molecule has 164 valence electrons. The number of piperidine rings is 1. The number of carbonyl (C=O) groups excluding carboxylic acids is 1. The van der Waals surface area contributed by atoms with E-state index >= 15 is 0 Å². The molecule has 32 heavy (non-hydrogen) atoms. The summed E-state index contributed by atoms with van der Waals surface area (Å²) in [6, 6.07) is 9.65. The van der Waals surface area contributed by atoms with E-state index in [2.05, 4.69) is 15.1 Å². The first kappa shape index (κ1) is 20.2. The minimum atomic E-state index is -0.884. The minimum Gasteiger partial charge on any atom is -0.465 e. The largest absolute Gasteiger partial charge is 0.465 e. The molecular weight excluding hydrogens is 408 g/mol. The van der Waals surface area contributed by atoms with Crippen molar-refractivity contribution < 1.29 is 14.7 Å². The monoisotopic (exact) mass is 432 g/mol. The average molecular weight is 432 g/mol. The van der Waals surface area contributed by atoms with Crippen molar-refractivity contribution in [2.75, 3.05) is 13.1 Å². The second kappa shape index (κ2) is 8.41. The molecule has 1 N–H and O–H groups in total. The highest BCUT2D eigenvalue weighted by Gasteiger charge is 2.39. The molecule has 0 spiro atoms. The fourth-order valence-corrected chi connectivity index (χ4v) is 4.28. The molecule has 1 saturated carbocycles. The lowest BCUT2D eigenvalue weighted by atomic mass is 10.0. The van der Waals surface area contributed by atoms with Crippen LogP contribution in [0.4, 0.5) is 4.79 Å². The van der Waals surface area contributed by atoms with Gasteiger partial charge in [-0.2, -0.15) is 5.10 Å². The molecule has 2 amide bonds. The van der Waals surface area contributed by atoms with Crippen LogP contribution in [0.2, 0.25) is 0 Å². The highest BCUT2D eigenvalue weighted by Crippen LogP contribution is 2.33. The fraction of sp³-hybridized carbons (Fsp3) is 0.348. The van der Waals surface area contributed by atoms with Gasteiger partial charge in [-0.25, -0.2) is 19.4 Å². The van der Waals surface area contributed by atoms with E-state index in [1.807, 2.05) is 41.4 Å². The smallest absolute Gasteiger partial charge is 0.407 e. The Morgan fingerprint density at radius 1 is 1.00 bits per heavy atom. The molecule has 9 nitrogen and oxygen atoms in total. The fourth-order valence-electron chi connectivity index (χ4n) is 4.28. The maximum absolute atomic E-state index is 13.3. The van der Waals surface area contributed by atoms with Crippen LogP contribution < -0.4 is 0 Å². The molecule has 0 radical (unpaired) electrons. The molecule has 1 aromatic carbocycles. The van der Waals surface area contributed by atoms with Crippen molar-refractivity contribution in [2.45, 2.75) is 37.8 Å². The van der Waals surface area contributed by atoms with Gasteiger partial charge in [0.15, 0.2) is 0 Å². The average Bonchev–Trinajstić information content (AvgIpc) is 3.54.